The van der Waals surface area contributed by atoms with Crippen LogP contribution in [0.25, 0.3) is 10.9 Å². The molecule has 80 valence electrons. The summed E-state index contributed by atoms with van der Waals surface area (Å²) in [7, 11) is 0. The normalized spacial score (nSPS) is 16.0. The fourth-order valence-electron chi connectivity index (χ4n) is 2.11. The average Bonchev–Trinajstić information content (AvgIpc) is 2.26. The summed E-state index contributed by atoms with van der Waals surface area (Å²) in [5, 5.41) is 1.05. The number of para-hydroxylation sites is 1. The van der Waals surface area contributed by atoms with Gasteiger partial charge in [-0.15, -0.1) is 0 Å². The van der Waals surface area contributed by atoms with E-state index in [0.717, 1.165) is 29.3 Å². The molecule has 1 aromatic carbocycles. The zero-order valence-corrected chi connectivity index (χ0v) is 9.02. The lowest BCUT2D eigenvalue weighted by Gasteiger charge is -2.23. The number of carbonyl (C=O) groups excluding carboxylic acids is 1. The van der Waals surface area contributed by atoms with Gasteiger partial charge in [0, 0.05) is 23.1 Å². The van der Waals surface area contributed by atoms with E-state index in [1.54, 1.807) is 6.20 Å². The zero-order valence-electron chi connectivity index (χ0n) is 9.02. The topological polar surface area (TPSA) is 30.0 Å². The van der Waals surface area contributed by atoms with Crippen LogP contribution in [0.5, 0.6) is 0 Å². The first-order valence-corrected chi connectivity index (χ1v) is 5.73. The molecule has 0 radical (unpaired) electrons. The minimum atomic E-state index is 0.253. The van der Waals surface area contributed by atoms with Gasteiger partial charge in [0.25, 0.3) is 0 Å². The van der Waals surface area contributed by atoms with E-state index in [0.29, 0.717) is 0 Å². The largest absolute Gasteiger partial charge is 0.294 e. The van der Waals surface area contributed by atoms with E-state index in [4.69, 9.17) is 0 Å². The molecule has 0 spiro atoms. The molecule has 2 aromatic rings. The first-order valence-electron chi connectivity index (χ1n) is 5.73. The van der Waals surface area contributed by atoms with Crippen LogP contribution in [-0.4, -0.2) is 10.8 Å². The number of Topliss-reactive ketones (excluding diaryl/α,β-unsaturated/α-hetero) is 1. The Morgan fingerprint density at radius 2 is 2.06 bits per heavy atom. The van der Waals surface area contributed by atoms with Crippen LogP contribution in [0, 0.1) is 5.92 Å². The Labute approximate surface area is 94.3 Å². The molecule has 0 aliphatic heterocycles. The molecule has 1 heterocycles. The van der Waals surface area contributed by atoms with E-state index in [1.165, 1.54) is 6.42 Å². The first kappa shape index (κ1) is 9.52. The molecule has 1 saturated carbocycles. The van der Waals surface area contributed by atoms with Gasteiger partial charge in [0.05, 0.1) is 5.52 Å². The Bertz CT molecular complexity index is 543. The van der Waals surface area contributed by atoms with Gasteiger partial charge < -0.3 is 0 Å². The van der Waals surface area contributed by atoms with Crippen LogP contribution in [0.1, 0.15) is 29.6 Å². The van der Waals surface area contributed by atoms with E-state index >= 15 is 0 Å². The van der Waals surface area contributed by atoms with Crippen LogP contribution in [0.4, 0.5) is 0 Å². The molecule has 0 unspecified atom stereocenters. The maximum absolute atomic E-state index is 12.0. The van der Waals surface area contributed by atoms with Crippen LogP contribution in [0.15, 0.2) is 36.5 Å². The zero-order chi connectivity index (χ0) is 11.0. The van der Waals surface area contributed by atoms with Crippen molar-refractivity contribution in [3.05, 3.63) is 42.1 Å². The summed E-state index contributed by atoms with van der Waals surface area (Å²) in [5.41, 5.74) is 1.72. The monoisotopic (exact) mass is 211 g/mol. The van der Waals surface area contributed by atoms with Gasteiger partial charge in [-0.3, -0.25) is 9.78 Å². The number of ketones is 1. The van der Waals surface area contributed by atoms with Crippen molar-refractivity contribution in [3.63, 3.8) is 0 Å². The van der Waals surface area contributed by atoms with Crippen molar-refractivity contribution in [1.82, 2.24) is 4.98 Å². The third kappa shape index (κ3) is 1.51. The number of fused-ring (bicyclic) bond motifs is 1. The molecule has 0 amide bonds. The molecule has 2 heteroatoms. The van der Waals surface area contributed by atoms with Gasteiger partial charge in [0.2, 0.25) is 0 Å². The second-order valence-electron chi connectivity index (χ2n) is 4.41. The van der Waals surface area contributed by atoms with Gasteiger partial charge in [0.15, 0.2) is 5.78 Å². The quantitative estimate of drug-likeness (QED) is 0.714. The SMILES string of the molecule is O=C(c1cnc2ccccc2c1)C1CCC1. The summed E-state index contributed by atoms with van der Waals surface area (Å²) in [6.45, 7) is 0. The first-order chi connectivity index (χ1) is 7.84. The van der Waals surface area contributed by atoms with Crippen molar-refractivity contribution in [2.24, 2.45) is 5.92 Å². The van der Waals surface area contributed by atoms with Crippen molar-refractivity contribution >= 4 is 16.7 Å². The van der Waals surface area contributed by atoms with Crippen molar-refractivity contribution in [2.75, 3.05) is 0 Å². The van der Waals surface area contributed by atoms with E-state index in [2.05, 4.69) is 4.98 Å². The lowest BCUT2D eigenvalue weighted by atomic mass is 9.80. The standard InChI is InChI=1S/C14H13NO/c16-14(10-5-3-6-10)12-8-11-4-1-2-7-13(11)15-9-12/h1-2,4,7-10H,3,5-6H2. The molecule has 16 heavy (non-hydrogen) atoms. The van der Waals surface area contributed by atoms with Crippen molar-refractivity contribution in [2.45, 2.75) is 19.3 Å². The number of hydrogen-bond donors (Lipinski definition) is 0. The smallest absolute Gasteiger partial charge is 0.167 e. The molecule has 1 fully saturated rings. The van der Waals surface area contributed by atoms with Crippen LogP contribution >= 0.6 is 0 Å². The van der Waals surface area contributed by atoms with Crippen LogP contribution in [0.3, 0.4) is 0 Å². The highest BCUT2D eigenvalue weighted by atomic mass is 16.1. The van der Waals surface area contributed by atoms with Gasteiger partial charge in [-0.2, -0.15) is 0 Å². The highest BCUT2D eigenvalue weighted by Crippen LogP contribution is 2.30. The Balaban J connectivity index is 2.01. The van der Waals surface area contributed by atoms with Gasteiger partial charge in [-0.05, 0) is 25.0 Å². The second-order valence-corrected chi connectivity index (χ2v) is 4.41. The van der Waals surface area contributed by atoms with E-state index in [1.807, 2.05) is 30.3 Å². The Kier molecular flexibility index (Phi) is 2.21. The maximum Gasteiger partial charge on any atom is 0.167 e. The minimum Gasteiger partial charge on any atom is -0.294 e. The van der Waals surface area contributed by atoms with Gasteiger partial charge in [0.1, 0.15) is 0 Å². The van der Waals surface area contributed by atoms with Crippen LogP contribution in [0.2, 0.25) is 0 Å². The summed E-state index contributed by atoms with van der Waals surface area (Å²) in [4.78, 5) is 16.4. The molecule has 3 rings (SSSR count). The van der Waals surface area contributed by atoms with Gasteiger partial charge >= 0.3 is 0 Å². The fourth-order valence-corrected chi connectivity index (χ4v) is 2.11. The number of aromatic nitrogens is 1. The summed E-state index contributed by atoms with van der Waals surface area (Å²) >= 11 is 0. The molecule has 0 saturated heterocycles. The number of pyridine rings is 1. The summed E-state index contributed by atoms with van der Waals surface area (Å²) in [6, 6.07) is 9.86. The predicted octanol–water partition coefficient (Wildman–Crippen LogP) is 3.22. The van der Waals surface area contributed by atoms with E-state index < -0.39 is 0 Å². The summed E-state index contributed by atoms with van der Waals surface area (Å²) in [5.74, 6) is 0.521. The lowest BCUT2D eigenvalue weighted by Crippen LogP contribution is -2.22. The Hall–Kier alpha value is -1.70. The summed E-state index contributed by atoms with van der Waals surface area (Å²) < 4.78 is 0. The molecule has 1 aliphatic carbocycles. The van der Waals surface area contributed by atoms with Crippen molar-refractivity contribution < 1.29 is 4.79 Å². The molecule has 2 nitrogen and oxygen atoms in total. The highest BCUT2D eigenvalue weighted by molar-refractivity contribution is 6.00. The molecular weight excluding hydrogens is 198 g/mol. The van der Waals surface area contributed by atoms with Crippen molar-refractivity contribution in [1.29, 1.82) is 0 Å². The van der Waals surface area contributed by atoms with Crippen LogP contribution in [-0.2, 0) is 0 Å². The molecule has 0 atom stereocenters. The third-order valence-corrected chi connectivity index (χ3v) is 3.35. The average molecular weight is 211 g/mol. The number of nitrogens with zero attached hydrogens (tertiary/aromatic N) is 1. The minimum absolute atomic E-state index is 0.253. The highest BCUT2D eigenvalue weighted by Gasteiger charge is 2.26. The number of hydrogen-bond acceptors (Lipinski definition) is 2. The van der Waals surface area contributed by atoms with Gasteiger partial charge in [-0.1, -0.05) is 24.6 Å². The molecule has 1 aliphatic rings. The summed E-state index contributed by atoms with van der Waals surface area (Å²) in [6.07, 6.45) is 5.00. The number of carbonyl (C=O) groups is 1. The predicted molar refractivity (Wildman–Crippen MR) is 63.4 cm³/mol. The maximum atomic E-state index is 12.0. The fraction of sp³-hybridized carbons (Fsp3) is 0.286. The van der Waals surface area contributed by atoms with E-state index in [9.17, 15) is 4.79 Å². The number of rotatable bonds is 2. The van der Waals surface area contributed by atoms with Gasteiger partial charge in [-0.25, -0.2) is 0 Å². The Morgan fingerprint density at radius 1 is 1.25 bits per heavy atom. The molecule has 1 aromatic heterocycles. The lowest BCUT2D eigenvalue weighted by molar-refractivity contribution is 0.0855. The molecular formula is C14H13NO. The molecule has 0 N–H and O–H groups in total. The number of benzene rings is 1. The molecule has 0 bridgehead atoms. The van der Waals surface area contributed by atoms with Crippen molar-refractivity contribution in [3.8, 4) is 0 Å². The van der Waals surface area contributed by atoms with E-state index in [-0.39, 0.29) is 11.7 Å². The Morgan fingerprint density at radius 3 is 2.81 bits per heavy atom. The third-order valence-electron chi connectivity index (χ3n) is 3.35. The van der Waals surface area contributed by atoms with Crippen LogP contribution < -0.4 is 0 Å². The second kappa shape index (κ2) is 3.71.